The van der Waals surface area contributed by atoms with Gasteiger partial charge in [0.05, 0.1) is 12.3 Å². The second kappa shape index (κ2) is 5.63. The van der Waals surface area contributed by atoms with Crippen molar-refractivity contribution in [3.63, 3.8) is 0 Å². The summed E-state index contributed by atoms with van der Waals surface area (Å²) in [7, 11) is 0. The van der Waals surface area contributed by atoms with Crippen LogP contribution >= 0.6 is 0 Å². The van der Waals surface area contributed by atoms with E-state index in [4.69, 9.17) is 9.84 Å². The van der Waals surface area contributed by atoms with Crippen molar-refractivity contribution in [3.8, 4) is 0 Å². The summed E-state index contributed by atoms with van der Waals surface area (Å²) in [6, 6.07) is 3.69. The molecule has 0 bridgehead atoms. The van der Waals surface area contributed by atoms with E-state index in [-0.39, 0.29) is 12.7 Å². The summed E-state index contributed by atoms with van der Waals surface area (Å²) in [5.74, 6) is 0. The number of aromatic nitrogens is 1. The van der Waals surface area contributed by atoms with E-state index in [1.165, 1.54) is 0 Å². The molecule has 1 aromatic rings. The minimum atomic E-state index is -0.482. The molecule has 0 radical (unpaired) electrons. The van der Waals surface area contributed by atoms with E-state index in [0.717, 1.165) is 11.1 Å². The summed E-state index contributed by atoms with van der Waals surface area (Å²) < 4.78 is 5.35. The number of hydrogen-bond donors (Lipinski definition) is 1. The molecule has 5 heteroatoms. The molecule has 0 saturated carbocycles. The van der Waals surface area contributed by atoms with E-state index in [1.807, 2.05) is 32.9 Å². The van der Waals surface area contributed by atoms with Gasteiger partial charge in [0.2, 0.25) is 0 Å². The summed E-state index contributed by atoms with van der Waals surface area (Å²) in [5, 5.41) is 8.97. The third-order valence-corrected chi connectivity index (χ3v) is 2.93. The lowest BCUT2D eigenvalue weighted by atomic mass is 10.1. The molecule has 1 aliphatic heterocycles. The summed E-state index contributed by atoms with van der Waals surface area (Å²) in [5.41, 5.74) is 2.17. The van der Waals surface area contributed by atoms with E-state index < -0.39 is 5.60 Å². The molecule has 2 heterocycles. The molecule has 108 valence electrons. The first-order valence-corrected chi connectivity index (χ1v) is 6.62. The normalized spacial score (nSPS) is 15.2. The number of aliphatic hydroxyl groups is 1. The van der Waals surface area contributed by atoms with Crippen LogP contribution in [-0.2, 0) is 11.3 Å². The van der Waals surface area contributed by atoms with Gasteiger partial charge < -0.3 is 14.7 Å². The predicted octanol–water partition coefficient (Wildman–Crippen LogP) is 2.21. The first-order valence-electron chi connectivity index (χ1n) is 6.62. The van der Waals surface area contributed by atoms with Gasteiger partial charge in [-0.25, -0.2) is 4.79 Å². The minimum Gasteiger partial charge on any atom is -0.444 e. The van der Waals surface area contributed by atoms with Crippen LogP contribution in [0.3, 0.4) is 0 Å². The summed E-state index contributed by atoms with van der Waals surface area (Å²) in [6.45, 7) is 6.57. The number of amides is 1. The van der Waals surface area contributed by atoms with Crippen LogP contribution in [0.15, 0.2) is 24.4 Å². The number of pyridine rings is 1. The van der Waals surface area contributed by atoms with Crippen molar-refractivity contribution in [1.82, 2.24) is 9.88 Å². The second-order valence-electron chi connectivity index (χ2n) is 5.79. The lowest BCUT2D eigenvalue weighted by molar-refractivity contribution is 0.0306. The molecule has 0 unspecified atom stereocenters. The molecule has 0 aromatic carbocycles. The average molecular weight is 276 g/mol. The van der Waals surface area contributed by atoms with Crippen molar-refractivity contribution in [1.29, 1.82) is 0 Å². The Hall–Kier alpha value is -1.88. The minimum absolute atomic E-state index is 0.0661. The van der Waals surface area contributed by atoms with E-state index in [9.17, 15) is 4.79 Å². The Morgan fingerprint density at radius 1 is 1.45 bits per heavy atom. The molecule has 2 rings (SSSR count). The van der Waals surface area contributed by atoms with Crippen molar-refractivity contribution in [2.45, 2.75) is 33.0 Å². The second-order valence-corrected chi connectivity index (χ2v) is 5.79. The van der Waals surface area contributed by atoms with Crippen molar-refractivity contribution in [3.05, 3.63) is 35.7 Å². The molecule has 0 fully saturated rings. The van der Waals surface area contributed by atoms with Gasteiger partial charge in [0.1, 0.15) is 5.60 Å². The maximum Gasteiger partial charge on any atom is 0.410 e. The van der Waals surface area contributed by atoms with Crippen molar-refractivity contribution in [2.75, 3.05) is 13.1 Å². The number of ether oxygens (including phenoxy) is 1. The molecule has 0 saturated heterocycles. The molecule has 0 aliphatic carbocycles. The molecular formula is C15H20N2O3. The Labute approximate surface area is 118 Å². The highest BCUT2D eigenvalue weighted by molar-refractivity contribution is 5.77. The Kier molecular flexibility index (Phi) is 4.09. The van der Waals surface area contributed by atoms with Gasteiger partial charge in [-0.15, -0.1) is 0 Å². The zero-order chi connectivity index (χ0) is 14.8. The summed E-state index contributed by atoms with van der Waals surface area (Å²) in [4.78, 5) is 17.8. The standard InChI is InChI=1S/C15H20N2O3/c1-15(2,3)20-14(19)17-7-6-12(9-17)11-4-5-13(10-18)16-8-11/h4-6,8,18H,7,9-10H2,1-3H3. The van der Waals surface area contributed by atoms with E-state index in [0.29, 0.717) is 18.8 Å². The number of nitrogens with zero attached hydrogens (tertiary/aromatic N) is 2. The topological polar surface area (TPSA) is 62.7 Å². The highest BCUT2D eigenvalue weighted by Crippen LogP contribution is 2.22. The maximum absolute atomic E-state index is 12.0. The molecule has 0 spiro atoms. The van der Waals surface area contributed by atoms with E-state index in [2.05, 4.69) is 4.98 Å². The molecule has 1 aromatic heterocycles. The molecule has 0 atom stereocenters. The van der Waals surface area contributed by atoms with Crippen LogP contribution in [0.25, 0.3) is 5.57 Å². The van der Waals surface area contributed by atoms with Crippen LogP contribution in [0.2, 0.25) is 0 Å². The average Bonchev–Trinajstić information content (AvgIpc) is 2.86. The maximum atomic E-state index is 12.0. The quantitative estimate of drug-likeness (QED) is 0.899. The molecule has 1 aliphatic rings. The van der Waals surface area contributed by atoms with Gasteiger partial charge in [-0.3, -0.25) is 4.98 Å². The van der Waals surface area contributed by atoms with Crippen molar-refractivity contribution >= 4 is 11.7 Å². The predicted molar refractivity (Wildman–Crippen MR) is 75.9 cm³/mol. The number of rotatable bonds is 2. The van der Waals surface area contributed by atoms with Crippen LogP contribution < -0.4 is 0 Å². The fourth-order valence-corrected chi connectivity index (χ4v) is 1.94. The fraction of sp³-hybridized carbons (Fsp3) is 0.467. The number of carbonyl (C=O) groups excluding carboxylic acids is 1. The van der Waals surface area contributed by atoms with Gasteiger partial charge in [-0.05, 0) is 38.0 Å². The van der Waals surface area contributed by atoms with Crippen LogP contribution in [0, 0.1) is 0 Å². The number of hydrogen-bond acceptors (Lipinski definition) is 4. The fourth-order valence-electron chi connectivity index (χ4n) is 1.94. The van der Waals surface area contributed by atoms with E-state index >= 15 is 0 Å². The van der Waals surface area contributed by atoms with Gasteiger partial charge in [-0.2, -0.15) is 0 Å². The Morgan fingerprint density at radius 2 is 2.20 bits per heavy atom. The summed E-state index contributed by atoms with van der Waals surface area (Å²) in [6.07, 6.45) is 3.42. The zero-order valence-corrected chi connectivity index (χ0v) is 12.1. The molecule has 1 amide bonds. The zero-order valence-electron chi connectivity index (χ0n) is 12.1. The highest BCUT2D eigenvalue weighted by Gasteiger charge is 2.25. The van der Waals surface area contributed by atoms with Crippen LogP contribution in [0.5, 0.6) is 0 Å². The van der Waals surface area contributed by atoms with Crippen molar-refractivity contribution in [2.24, 2.45) is 0 Å². The molecule has 20 heavy (non-hydrogen) atoms. The lowest BCUT2D eigenvalue weighted by Crippen LogP contribution is -2.35. The van der Waals surface area contributed by atoms with Crippen LogP contribution in [0.4, 0.5) is 4.79 Å². The Balaban J connectivity index is 1.99. The Bertz CT molecular complexity index is 515. The smallest absolute Gasteiger partial charge is 0.410 e. The molecule has 1 N–H and O–H groups in total. The first kappa shape index (κ1) is 14.5. The third kappa shape index (κ3) is 3.57. The number of carbonyl (C=O) groups is 1. The SMILES string of the molecule is CC(C)(C)OC(=O)N1CC=C(c2ccc(CO)nc2)C1. The summed E-state index contributed by atoms with van der Waals surface area (Å²) >= 11 is 0. The van der Waals surface area contributed by atoms with Gasteiger partial charge in [0.15, 0.2) is 0 Å². The monoisotopic (exact) mass is 276 g/mol. The van der Waals surface area contributed by atoms with Crippen molar-refractivity contribution < 1.29 is 14.6 Å². The number of aliphatic hydroxyl groups excluding tert-OH is 1. The van der Waals surface area contributed by atoms with Crippen LogP contribution in [-0.4, -0.2) is 39.8 Å². The van der Waals surface area contributed by atoms with Gasteiger partial charge in [0.25, 0.3) is 0 Å². The van der Waals surface area contributed by atoms with Gasteiger partial charge >= 0.3 is 6.09 Å². The third-order valence-electron chi connectivity index (χ3n) is 2.93. The first-order chi connectivity index (χ1) is 9.39. The van der Waals surface area contributed by atoms with E-state index in [1.54, 1.807) is 17.2 Å². The highest BCUT2D eigenvalue weighted by atomic mass is 16.6. The van der Waals surface area contributed by atoms with Crippen LogP contribution in [0.1, 0.15) is 32.0 Å². The van der Waals surface area contributed by atoms with Gasteiger partial charge in [0, 0.05) is 19.3 Å². The Morgan fingerprint density at radius 3 is 2.75 bits per heavy atom. The lowest BCUT2D eigenvalue weighted by Gasteiger charge is -2.24. The largest absolute Gasteiger partial charge is 0.444 e. The molecule has 5 nitrogen and oxygen atoms in total. The van der Waals surface area contributed by atoms with Gasteiger partial charge in [-0.1, -0.05) is 12.1 Å². The molecular weight excluding hydrogens is 256 g/mol.